The summed E-state index contributed by atoms with van der Waals surface area (Å²) in [5.41, 5.74) is 9.70. The Morgan fingerprint density at radius 2 is 1.86 bits per heavy atom. The summed E-state index contributed by atoms with van der Waals surface area (Å²) in [6.45, 7) is 4.01. The topological polar surface area (TPSA) is 56.7 Å². The molecule has 1 aromatic heterocycles. The first-order valence-electron chi connectivity index (χ1n) is 6.16. The lowest BCUT2D eigenvalue weighted by atomic mass is 10.1. The molecule has 0 aliphatic rings. The van der Waals surface area contributed by atoms with Gasteiger partial charge in [-0.3, -0.25) is 0 Å². The van der Waals surface area contributed by atoms with Crippen LogP contribution in [-0.4, -0.2) is 15.0 Å². The van der Waals surface area contributed by atoms with Gasteiger partial charge in [-0.05, 0) is 53.0 Å². The maximum atomic E-state index is 13.7. The molecule has 3 rings (SSSR count). The zero-order chi connectivity index (χ0) is 15.3. The molecule has 7 heteroatoms. The van der Waals surface area contributed by atoms with Gasteiger partial charge in [0.15, 0.2) is 0 Å². The lowest BCUT2D eigenvalue weighted by Crippen LogP contribution is -2.02. The van der Waals surface area contributed by atoms with Crippen LogP contribution in [0, 0.1) is 19.7 Å². The summed E-state index contributed by atoms with van der Waals surface area (Å²) in [6, 6.07) is 5.15. The van der Waals surface area contributed by atoms with Crippen molar-refractivity contribution in [3.8, 4) is 5.69 Å². The molecule has 21 heavy (non-hydrogen) atoms. The lowest BCUT2D eigenvalue weighted by molar-refractivity contribution is 0.633. The number of rotatable bonds is 1. The Morgan fingerprint density at radius 3 is 2.57 bits per heavy atom. The molecule has 0 spiro atoms. The predicted octanol–water partition coefficient (Wildman–Crippen LogP) is 4.28. The fourth-order valence-electron chi connectivity index (χ4n) is 2.10. The van der Waals surface area contributed by atoms with E-state index in [9.17, 15) is 4.39 Å². The van der Waals surface area contributed by atoms with Crippen molar-refractivity contribution in [3.63, 3.8) is 0 Å². The second-order valence-electron chi connectivity index (χ2n) is 4.76. The van der Waals surface area contributed by atoms with Crippen LogP contribution in [0.5, 0.6) is 0 Å². The van der Waals surface area contributed by atoms with Crippen molar-refractivity contribution in [1.82, 2.24) is 15.0 Å². The Kier molecular flexibility index (Phi) is 3.49. The maximum Gasteiger partial charge on any atom is 0.149 e. The van der Waals surface area contributed by atoms with E-state index in [2.05, 4.69) is 42.1 Å². The summed E-state index contributed by atoms with van der Waals surface area (Å²) in [7, 11) is 0. The first-order valence-corrected chi connectivity index (χ1v) is 7.75. The van der Waals surface area contributed by atoms with E-state index in [1.54, 1.807) is 0 Å². The lowest BCUT2D eigenvalue weighted by Gasteiger charge is -2.08. The van der Waals surface area contributed by atoms with Crippen molar-refractivity contribution in [2.24, 2.45) is 0 Å². The molecule has 0 atom stereocenters. The zero-order valence-electron chi connectivity index (χ0n) is 11.3. The maximum absolute atomic E-state index is 13.7. The second-order valence-corrected chi connectivity index (χ2v) is 6.41. The fraction of sp³-hybridized carbons (Fsp3) is 0.143. The molecule has 1 heterocycles. The van der Waals surface area contributed by atoms with Crippen LogP contribution >= 0.6 is 31.9 Å². The molecule has 108 valence electrons. The molecule has 0 unspecified atom stereocenters. The number of nitrogens with two attached hydrogens (primary N) is 1. The average molecular weight is 414 g/mol. The van der Waals surface area contributed by atoms with Crippen molar-refractivity contribution < 1.29 is 4.39 Å². The molecule has 2 N–H and O–H groups in total. The first-order chi connectivity index (χ1) is 9.90. The van der Waals surface area contributed by atoms with Gasteiger partial charge in [-0.1, -0.05) is 15.9 Å². The van der Waals surface area contributed by atoms with Gasteiger partial charge in [0.05, 0.1) is 15.8 Å². The van der Waals surface area contributed by atoms with Crippen molar-refractivity contribution in [2.75, 3.05) is 5.73 Å². The number of fused-ring (bicyclic) bond motifs is 1. The molecular formula is C14H11Br2FN4. The minimum absolute atomic E-state index is 0.0401. The Morgan fingerprint density at radius 1 is 1.14 bits per heavy atom. The number of anilines is 1. The molecule has 0 saturated heterocycles. The molecular weight excluding hydrogens is 403 g/mol. The Hall–Kier alpha value is -1.47. The van der Waals surface area contributed by atoms with Gasteiger partial charge in [-0.2, -0.15) is 4.80 Å². The second kappa shape index (κ2) is 5.06. The number of benzene rings is 2. The monoisotopic (exact) mass is 412 g/mol. The van der Waals surface area contributed by atoms with Crippen LogP contribution < -0.4 is 5.73 Å². The van der Waals surface area contributed by atoms with Crippen LogP contribution in [-0.2, 0) is 0 Å². The van der Waals surface area contributed by atoms with Crippen molar-refractivity contribution in [3.05, 3.63) is 44.1 Å². The van der Waals surface area contributed by atoms with Gasteiger partial charge < -0.3 is 5.73 Å². The highest BCUT2D eigenvalue weighted by Crippen LogP contribution is 2.31. The Labute approximate surface area is 137 Å². The molecule has 0 radical (unpaired) electrons. The minimum atomic E-state index is -0.509. The highest BCUT2D eigenvalue weighted by Gasteiger charge is 2.15. The molecule has 0 bridgehead atoms. The van der Waals surface area contributed by atoms with E-state index in [1.165, 1.54) is 10.9 Å². The van der Waals surface area contributed by atoms with Crippen LogP contribution in [0.4, 0.5) is 10.1 Å². The molecule has 0 aliphatic heterocycles. The standard InChI is InChI=1S/C14H11Br2FN4/c1-6-7(2)11(4-3-8(6)15)21-19-10-5-9(17)13(18)12(16)14(10)20-21/h3-5H,18H2,1-2H3. The Balaban J connectivity index is 2.28. The number of hydrogen-bond acceptors (Lipinski definition) is 3. The summed E-state index contributed by atoms with van der Waals surface area (Å²) in [6.07, 6.45) is 0. The van der Waals surface area contributed by atoms with Crippen molar-refractivity contribution >= 4 is 48.6 Å². The summed E-state index contributed by atoms with van der Waals surface area (Å²) >= 11 is 6.77. The number of nitrogen functional groups attached to an aromatic ring is 1. The molecule has 0 amide bonds. The molecule has 0 saturated carbocycles. The van der Waals surface area contributed by atoms with Crippen LogP contribution in [0.25, 0.3) is 16.7 Å². The van der Waals surface area contributed by atoms with Gasteiger partial charge in [0.1, 0.15) is 16.9 Å². The third-order valence-corrected chi connectivity index (χ3v) is 5.17. The molecule has 0 aliphatic carbocycles. The van der Waals surface area contributed by atoms with Crippen molar-refractivity contribution in [1.29, 1.82) is 0 Å². The smallest absolute Gasteiger partial charge is 0.149 e. The zero-order valence-corrected chi connectivity index (χ0v) is 14.5. The number of halogens is 3. The normalized spacial score (nSPS) is 11.3. The van der Waals surface area contributed by atoms with Gasteiger partial charge in [-0.15, -0.1) is 10.2 Å². The third-order valence-electron chi connectivity index (χ3n) is 3.51. The summed E-state index contributed by atoms with van der Waals surface area (Å²) in [5.74, 6) is -0.509. The SMILES string of the molecule is Cc1c(Br)ccc(-n2nc3cc(F)c(N)c(Br)c3n2)c1C. The summed E-state index contributed by atoms with van der Waals surface area (Å²) in [5, 5.41) is 8.75. The van der Waals surface area contributed by atoms with Gasteiger partial charge in [0.25, 0.3) is 0 Å². The number of aromatic nitrogens is 3. The van der Waals surface area contributed by atoms with E-state index in [0.29, 0.717) is 15.5 Å². The average Bonchev–Trinajstić information content (AvgIpc) is 2.86. The fourth-order valence-corrected chi connectivity index (χ4v) is 3.00. The Bertz CT molecular complexity index is 873. The van der Waals surface area contributed by atoms with Crippen LogP contribution in [0.2, 0.25) is 0 Å². The molecule has 0 fully saturated rings. The highest BCUT2D eigenvalue weighted by molar-refractivity contribution is 9.11. The number of hydrogen-bond donors (Lipinski definition) is 1. The summed E-state index contributed by atoms with van der Waals surface area (Å²) in [4.78, 5) is 1.50. The van der Waals surface area contributed by atoms with Crippen LogP contribution in [0.15, 0.2) is 27.1 Å². The molecule has 4 nitrogen and oxygen atoms in total. The number of nitrogens with zero attached hydrogens (tertiary/aromatic N) is 3. The van der Waals surface area contributed by atoms with E-state index in [-0.39, 0.29) is 5.69 Å². The van der Waals surface area contributed by atoms with Gasteiger partial charge in [0, 0.05) is 10.5 Å². The molecule has 2 aromatic carbocycles. The van der Waals surface area contributed by atoms with Gasteiger partial charge >= 0.3 is 0 Å². The van der Waals surface area contributed by atoms with Crippen molar-refractivity contribution in [2.45, 2.75) is 13.8 Å². The van der Waals surface area contributed by atoms with E-state index < -0.39 is 5.82 Å². The van der Waals surface area contributed by atoms with E-state index in [4.69, 9.17) is 5.73 Å². The first kappa shape index (κ1) is 14.5. The van der Waals surface area contributed by atoms with Gasteiger partial charge in [-0.25, -0.2) is 4.39 Å². The largest absolute Gasteiger partial charge is 0.395 e. The third kappa shape index (κ3) is 2.24. The summed E-state index contributed by atoms with van der Waals surface area (Å²) < 4.78 is 15.1. The minimum Gasteiger partial charge on any atom is -0.395 e. The van der Waals surface area contributed by atoms with E-state index in [1.807, 2.05) is 26.0 Å². The van der Waals surface area contributed by atoms with Crippen LogP contribution in [0.3, 0.4) is 0 Å². The molecule has 3 aromatic rings. The quantitative estimate of drug-likeness (QED) is 0.605. The van der Waals surface area contributed by atoms with E-state index >= 15 is 0 Å². The van der Waals surface area contributed by atoms with Crippen LogP contribution in [0.1, 0.15) is 11.1 Å². The van der Waals surface area contributed by atoms with E-state index in [0.717, 1.165) is 21.3 Å². The highest BCUT2D eigenvalue weighted by atomic mass is 79.9. The predicted molar refractivity (Wildman–Crippen MR) is 88.1 cm³/mol. The van der Waals surface area contributed by atoms with Gasteiger partial charge in [0.2, 0.25) is 0 Å².